The maximum Gasteiger partial charge on any atom is 0.270 e. The molecule has 0 bridgehead atoms. The van der Waals surface area contributed by atoms with Crippen LogP contribution in [0.5, 0.6) is 0 Å². The molecule has 24 heavy (non-hydrogen) atoms. The Hall–Kier alpha value is -2.43. The van der Waals surface area contributed by atoms with E-state index in [1.807, 2.05) is 45.9 Å². The number of carbonyl (C=O) groups is 1. The third kappa shape index (κ3) is 5.05. The van der Waals surface area contributed by atoms with Crippen molar-refractivity contribution in [3.05, 3.63) is 53.3 Å². The fourth-order valence-electron chi connectivity index (χ4n) is 2.34. The van der Waals surface area contributed by atoms with Crippen LogP contribution in [-0.2, 0) is 6.54 Å². The highest BCUT2D eigenvalue weighted by atomic mass is 16.2. The lowest BCUT2D eigenvalue weighted by atomic mass is 10.1. The van der Waals surface area contributed by atoms with E-state index in [4.69, 9.17) is 0 Å². The van der Waals surface area contributed by atoms with Gasteiger partial charge in [-0.25, -0.2) is 9.97 Å². The van der Waals surface area contributed by atoms with Crippen LogP contribution in [0.15, 0.2) is 36.4 Å². The fourth-order valence-corrected chi connectivity index (χ4v) is 2.34. The normalized spacial score (nSPS) is 11.2. The predicted octanol–water partition coefficient (Wildman–Crippen LogP) is 3.34. The number of anilines is 1. The second-order valence-electron chi connectivity index (χ2n) is 6.90. The highest BCUT2D eigenvalue weighted by molar-refractivity contribution is 5.93. The molecule has 0 radical (unpaired) electrons. The van der Waals surface area contributed by atoms with E-state index in [-0.39, 0.29) is 11.4 Å². The number of aromatic nitrogens is 2. The standard InChI is InChI=1S/C19H26N4O/c1-6-23(13-15-10-8-7-9-11-15)18-20-14(2)12-16(21-18)17(24)22-19(3,4)5/h7-12H,6,13H2,1-5H3,(H,22,24). The summed E-state index contributed by atoms with van der Waals surface area (Å²) < 4.78 is 0. The van der Waals surface area contributed by atoms with Gasteiger partial charge in [0.25, 0.3) is 5.91 Å². The Morgan fingerprint density at radius 3 is 2.42 bits per heavy atom. The van der Waals surface area contributed by atoms with Crippen LogP contribution in [0.2, 0.25) is 0 Å². The van der Waals surface area contributed by atoms with Crippen molar-refractivity contribution < 1.29 is 4.79 Å². The Bertz CT molecular complexity index is 692. The van der Waals surface area contributed by atoms with E-state index in [1.165, 1.54) is 5.56 Å². The Kier molecular flexibility index (Phi) is 5.54. The minimum Gasteiger partial charge on any atom is -0.346 e. The average Bonchev–Trinajstić information content (AvgIpc) is 2.51. The van der Waals surface area contributed by atoms with E-state index in [2.05, 4.69) is 39.2 Å². The molecule has 5 heteroatoms. The first-order valence-electron chi connectivity index (χ1n) is 8.25. The van der Waals surface area contributed by atoms with Crippen LogP contribution in [0.1, 0.15) is 49.4 Å². The van der Waals surface area contributed by atoms with Crippen LogP contribution >= 0.6 is 0 Å². The zero-order valence-electron chi connectivity index (χ0n) is 15.1. The number of rotatable bonds is 5. The maximum absolute atomic E-state index is 12.4. The molecule has 0 spiro atoms. The number of hydrogen-bond acceptors (Lipinski definition) is 4. The fraction of sp³-hybridized carbons (Fsp3) is 0.421. The van der Waals surface area contributed by atoms with Crippen LogP contribution in [0.3, 0.4) is 0 Å². The minimum absolute atomic E-state index is 0.176. The molecule has 0 aliphatic heterocycles. The Morgan fingerprint density at radius 2 is 1.83 bits per heavy atom. The molecule has 0 unspecified atom stereocenters. The van der Waals surface area contributed by atoms with Crippen molar-refractivity contribution in [2.75, 3.05) is 11.4 Å². The second kappa shape index (κ2) is 7.43. The van der Waals surface area contributed by atoms with Gasteiger partial charge in [-0.2, -0.15) is 0 Å². The molecular formula is C19H26N4O. The monoisotopic (exact) mass is 326 g/mol. The van der Waals surface area contributed by atoms with Crippen LogP contribution in [0, 0.1) is 6.92 Å². The molecule has 1 N–H and O–H groups in total. The van der Waals surface area contributed by atoms with Crippen molar-refractivity contribution in [3.8, 4) is 0 Å². The van der Waals surface area contributed by atoms with Crippen molar-refractivity contribution in [1.29, 1.82) is 0 Å². The van der Waals surface area contributed by atoms with E-state index in [9.17, 15) is 4.79 Å². The number of nitrogens with one attached hydrogen (secondary N) is 1. The first-order valence-corrected chi connectivity index (χ1v) is 8.25. The van der Waals surface area contributed by atoms with E-state index >= 15 is 0 Å². The molecule has 2 aromatic rings. The highest BCUT2D eigenvalue weighted by Gasteiger charge is 2.19. The van der Waals surface area contributed by atoms with Crippen molar-refractivity contribution in [2.45, 2.75) is 46.7 Å². The molecule has 1 amide bonds. The van der Waals surface area contributed by atoms with E-state index in [0.717, 1.165) is 12.2 Å². The van der Waals surface area contributed by atoms with Crippen LogP contribution in [0.4, 0.5) is 5.95 Å². The number of hydrogen-bond donors (Lipinski definition) is 1. The molecule has 0 aliphatic carbocycles. The quantitative estimate of drug-likeness (QED) is 0.915. The molecular weight excluding hydrogens is 300 g/mol. The van der Waals surface area contributed by atoms with Gasteiger partial charge in [-0.1, -0.05) is 30.3 Å². The lowest BCUT2D eigenvalue weighted by Gasteiger charge is -2.23. The van der Waals surface area contributed by atoms with Gasteiger partial charge in [0, 0.05) is 24.3 Å². The largest absolute Gasteiger partial charge is 0.346 e. The van der Waals surface area contributed by atoms with Gasteiger partial charge in [0.2, 0.25) is 5.95 Å². The third-order valence-corrected chi connectivity index (χ3v) is 3.44. The Balaban J connectivity index is 2.27. The zero-order chi connectivity index (χ0) is 17.7. The average molecular weight is 326 g/mol. The topological polar surface area (TPSA) is 58.1 Å². The summed E-state index contributed by atoms with van der Waals surface area (Å²) in [7, 11) is 0. The first kappa shape index (κ1) is 17.9. The summed E-state index contributed by atoms with van der Waals surface area (Å²) in [6, 6.07) is 11.9. The van der Waals surface area contributed by atoms with Gasteiger partial charge in [-0.3, -0.25) is 4.79 Å². The summed E-state index contributed by atoms with van der Waals surface area (Å²) in [5.74, 6) is 0.408. The van der Waals surface area contributed by atoms with Gasteiger partial charge in [-0.05, 0) is 46.2 Å². The smallest absolute Gasteiger partial charge is 0.270 e. The minimum atomic E-state index is -0.301. The van der Waals surface area contributed by atoms with Crippen LogP contribution < -0.4 is 10.2 Å². The molecule has 128 valence electrons. The van der Waals surface area contributed by atoms with E-state index < -0.39 is 0 Å². The van der Waals surface area contributed by atoms with Crippen molar-refractivity contribution in [2.24, 2.45) is 0 Å². The van der Waals surface area contributed by atoms with Gasteiger partial charge in [-0.15, -0.1) is 0 Å². The van der Waals surface area contributed by atoms with Gasteiger partial charge in [0.15, 0.2) is 0 Å². The molecule has 5 nitrogen and oxygen atoms in total. The first-order chi connectivity index (χ1) is 11.3. The molecule has 0 saturated heterocycles. The molecule has 0 atom stereocenters. The number of carbonyl (C=O) groups excluding carboxylic acids is 1. The lowest BCUT2D eigenvalue weighted by Crippen LogP contribution is -2.41. The highest BCUT2D eigenvalue weighted by Crippen LogP contribution is 2.14. The summed E-state index contributed by atoms with van der Waals surface area (Å²) in [6.07, 6.45) is 0. The summed E-state index contributed by atoms with van der Waals surface area (Å²) in [5.41, 5.74) is 2.07. The SMILES string of the molecule is CCN(Cc1ccccc1)c1nc(C)cc(C(=O)NC(C)(C)C)n1. The second-order valence-corrected chi connectivity index (χ2v) is 6.90. The number of benzene rings is 1. The van der Waals surface area contributed by atoms with Gasteiger partial charge >= 0.3 is 0 Å². The Morgan fingerprint density at radius 1 is 1.17 bits per heavy atom. The van der Waals surface area contributed by atoms with Crippen molar-refractivity contribution in [3.63, 3.8) is 0 Å². The summed E-state index contributed by atoms with van der Waals surface area (Å²) in [6.45, 7) is 11.3. The number of amides is 1. The molecule has 1 aromatic heterocycles. The van der Waals surface area contributed by atoms with Crippen molar-refractivity contribution in [1.82, 2.24) is 15.3 Å². The van der Waals surface area contributed by atoms with E-state index in [0.29, 0.717) is 18.2 Å². The molecule has 1 aromatic carbocycles. The van der Waals surface area contributed by atoms with E-state index in [1.54, 1.807) is 6.07 Å². The Labute approximate surface area is 144 Å². The van der Waals surface area contributed by atoms with Gasteiger partial charge in [0.05, 0.1) is 0 Å². The molecule has 0 fully saturated rings. The lowest BCUT2D eigenvalue weighted by molar-refractivity contribution is 0.0914. The molecule has 2 rings (SSSR count). The molecule has 1 heterocycles. The number of nitrogens with zero attached hydrogens (tertiary/aromatic N) is 3. The zero-order valence-corrected chi connectivity index (χ0v) is 15.1. The summed E-state index contributed by atoms with van der Waals surface area (Å²) in [4.78, 5) is 23.5. The third-order valence-electron chi connectivity index (χ3n) is 3.44. The van der Waals surface area contributed by atoms with Crippen LogP contribution in [-0.4, -0.2) is 28.0 Å². The predicted molar refractivity (Wildman–Crippen MR) is 97.2 cm³/mol. The molecule has 0 saturated carbocycles. The van der Waals surface area contributed by atoms with Crippen molar-refractivity contribution >= 4 is 11.9 Å². The number of aryl methyl sites for hydroxylation is 1. The van der Waals surface area contributed by atoms with Gasteiger partial charge in [0.1, 0.15) is 5.69 Å². The van der Waals surface area contributed by atoms with Crippen LogP contribution in [0.25, 0.3) is 0 Å². The van der Waals surface area contributed by atoms with Gasteiger partial charge < -0.3 is 10.2 Å². The summed E-state index contributed by atoms with van der Waals surface area (Å²) >= 11 is 0. The summed E-state index contributed by atoms with van der Waals surface area (Å²) in [5, 5.41) is 2.95. The molecule has 0 aliphatic rings. The maximum atomic E-state index is 12.4.